The first-order valence-corrected chi connectivity index (χ1v) is 8.43. The van der Waals surface area contributed by atoms with E-state index in [9.17, 15) is 14.4 Å². The Morgan fingerprint density at radius 1 is 1.12 bits per heavy atom. The quantitative estimate of drug-likeness (QED) is 0.846. The normalized spacial score (nSPS) is 24.3. The van der Waals surface area contributed by atoms with Crippen LogP contribution in [0.25, 0.3) is 0 Å². The number of carboxylic acids is 1. The molecule has 0 aromatic heterocycles. The van der Waals surface area contributed by atoms with Crippen LogP contribution < -0.4 is 4.90 Å². The summed E-state index contributed by atoms with van der Waals surface area (Å²) in [6.45, 7) is 1.19. The second-order valence-corrected chi connectivity index (χ2v) is 6.71. The Morgan fingerprint density at radius 2 is 1.83 bits per heavy atom. The van der Waals surface area contributed by atoms with E-state index in [1.54, 1.807) is 29.2 Å². The fourth-order valence-corrected chi connectivity index (χ4v) is 3.51. The van der Waals surface area contributed by atoms with Crippen LogP contribution in [0.1, 0.15) is 19.3 Å². The minimum atomic E-state index is -0.881. The molecule has 2 aliphatic rings. The van der Waals surface area contributed by atoms with Crippen molar-refractivity contribution < 1.29 is 19.5 Å². The van der Waals surface area contributed by atoms with E-state index >= 15 is 0 Å². The summed E-state index contributed by atoms with van der Waals surface area (Å²) in [4.78, 5) is 39.6. The number of carboxylic acid groups (broad SMARTS) is 1. The maximum absolute atomic E-state index is 12.7. The number of rotatable bonds is 3. The maximum atomic E-state index is 12.7. The van der Waals surface area contributed by atoms with Gasteiger partial charge in [0.1, 0.15) is 5.92 Å². The van der Waals surface area contributed by atoms with Crippen molar-refractivity contribution in [2.45, 2.75) is 19.3 Å². The first-order chi connectivity index (χ1) is 11.5. The smallest absolute Gasteiger partial charge is 0.308 e. The summed E-state index contributed by atoms with van der Waals surface area (Å²) < 4.78 is 0. The van der Waals surface area contributed by atoms with Crippen molar-refractivity contribution in [3.05, 3.63) is 29.3 Å². The number of halogens is 1. The lowest BCUT2D eigenvalue weighted by Gasteiger charge is -2.32. The summed E-state index contributed by atoms with van der Waals surface area (Å²) in [6.07, 6.45) is 1.69. The highest BCUT2D eigenvalue weighted by Gasteiger charge is 2.41. The molecule has 0 spiro atoms. The number of hydrogen-bond donors (Lipinski definition) is 1. The van der Waals surface area contributed by atoms with Gasteiger partial charge in [-0.2, -0.15) is 0 Å². The fourth-order valence-electron chi connectivity index (χ4n) is 3.39. The third-order valence-electron chi connectivity index (χ3n) is 4.72. The predicted octanol–water partition coefficient (Wildman–Crippen LogP) is 2.02. The zero-order valence-corrected chi connectivity index (χ0v) is 13.9. The van der Waals surface area contributed by atoms with Crippen LogP contribution in [-0.4, -0.2) is 47.4 Å². The summed E-state index contributed by atoms with van der Waals surface area (Å²) >= 11 is 5.86. The van der Waals surface area contributed by atoms with Crippen molar-refractivity contribution in [3.8, 4) is 0 Å². The Balaban J connectivity index is 1.69. The highest BCUT2D eigenvalue weighted by Crippen LogP contribution is 2.29. The molecular formula is C17H19ClN2O4. The van der Waals surface area contributed by atoms with Gasteiger partial charge in [-0.15, -0.1) is 0 Å². The predicted molar refractivity (Wildman–Crippen MR) is 88.9 cm³/mol. The minimum absolute atomic E-state index is 0.193. The monoisotopic (exact) mass is 350 g/mol. The van der Waals surface area contributed by atoms with Crippen LogP contribution >= 0.6 is 11.6 Å². The van der Waals surface area contributed by atoms with Crippen LogP contribution in [0.4, 0.5) is 5.69 Å². The lowest BCUT2D eigenvalue weighted by molar-refractivity contribution is -0.147. The Labute approximate surface area is 145 Å². The molecule has 24 heavy (non-hydrogen) atoms. The zero-order valence-electron chi connectivity index (χ0n) is 13.2. The van der Waals surface area contributed by atoms with E-state index in [1.165, 1.54) is 4.90 Å². The van der Waals surface area contributed by atoms with Gasteiger partial charge in [-0.25, -0.2) is 0 Å². The summed E-state index contributed by atoms with van der Waals surface area (Å²) in [7, 11) is 0. The van der Waals surface area contributed by atoms with Gasteiger partial charge in [-0.05, 0) is 43.5 Å². The molecule has 2 amide bonds. The minimum Gasteiger partial charge on any atom is -0.481 e. The molecule has 0 saturated carbocycles. The van der Waals surface area contributed by atoms with E-state index < -0.39 is 17.8 Å². The molecule has 2 saturated heterocycles. The molecule has 2 atom stereocenters. The average molecular weight is 351 g/mol. The van der Waals surface area contributed by atoms with Gasteiger partial charge in [0.25, 0.3) is 0 Å². The third-order valence-corrected chi connectivity index (χ3v) is 4.98. The number of benzene rings is 1. The standard InChI is InChI=1S/C17H19ClN2O4/c18-12-3-5-13(6-4-12)20-9-7-14(16(20)22)15(21)19-8-1-2-11(10-19)17(23)24/h3-6,11,14H,1-2,7-10H2,(H,23,24)/t11-,14+/m0/s1. The molecule has 0 unspecified atom stereocenters. The molecule has 0 radical (unpaired) electrons. The number of anilines is 1. The largest absolute Gasteiger partial charge is 0.481 e. The van der Waals surface area contributed by atoms with Gasteiger partial charge in [0.2, 0.25) is 11.8 Å². The SMILES string of the molecule is O=C(O)[C@H]1CCCN(C(=O)[C@H]2CCN(c3ccc(Cl)cc3)C2=O)C1. The van der Waals surface area contributed by atoms with E-state index in [4.69, 9.17) is 16.7 Å². The summed E-state index contributed by atoms with van der Waals surface area (Å²) in [6, 6.07) is 6.94. The van der Waals surface area contributed by atoms with Crippen LogP contribution in [0.2, 0.25) is 5.02 Å². The second kappa shape index (κ2) is 6.81. The molecule has 3 rings (SSSR count). The Morgan fingerprint density at radius 3 is 2.50 bits per heavy atom. The van der Waals surface area contributed by atoms with Gasteiger partial charge in [-0.1, -0.05) is 11.6 Å². The number of likely N-dealkylation sites (tertiary alicyclic amines) is 1. The molecule has 128 valence electrons. The first-order valence-electron chi connectivity index (χ1n) is 8.06. The lowest BCUT2D eigenvalue weighted by Crippen LogP contribution is -2.46. The van der Waals surface area contributed by atoms with E-state index in [0.29, 0.717) is 37.4 Å². The van der Waals surface area contributed by atoms with E-state index in [1.807, 2.05) is 0 Å². The third kappa shape index (κ3) is 3.24. The molecule has 6 nitrogen and oxygen atoms in total. The number of carbonyl (C=O) groups excluding carboxylic acids is 2. The van der Waals surface area contributed by atoms with Gasteiger partial charge in [0, 0.05) is 30.3 Å². The molecule has 2 aliphatic heterocycles. The van der Waals surface area contributed by atoms with E-state index in [-0.39, 0.29) is 18.4 Å². The van der Waals surface area contributed by atoms with Gasteiger partial charge in [0.15, 0.2) is 0 Å². The average Bonchev–Trinajstić information content (AvgIpc) is 2.96. The van der Waals surface area contributed by atoms with Gasteiger partial charge in [-0.3, -0.25) is 14.4 Å². The lowest BCUT2D eigenvalue weighted by atomic mass is 9.96. The number of amides is 2. The highest BCUT2D eigenvalue weighted by atomic mass is 35.5. The molecule has 2 fully saturated rings. The molecule has 1 N–H and O–H groups in total. The van der Waals surface area contributed by atoms with Crippen molar-refractivity contribution in [3.63, 3.8) is 0 Å². The number of piperidine rings is 1. The first kappa shape index (κ1) is 16.8. The number of carbonyl (C=O) groups is 3. The molecule has 0 bridgehead atoms. The molecular weight excluding hydrogens is 332 g/mol. The Hall–Kier alpha value is -2.08. The van der Waals surface area contributed by atoms with Gasteiger partial charge >= 0.3 is 5.97 Å². The Bertz CT molecular complexity index is 661. The van der Waals surface area contributed by atoms with Crippen molar-refractivity contribution in [2.75, 3.05) is 24.5 Å². The van der Waals surface area contributed by atoms with Crippen molar-refractivity contribution in [2.24, 2.45) is 11.8 Å². The molecule has 1 aromatic rings. The van der Waals surface area contributed by atoms with Crippen molar-refractivity contribution in [1.29, 1.82) is 0 Å². The topological polar surface area (TPSA) is 77.9 Å². The van der Waals surface area contributed by atoms with Crippen molar-refractivity contribution >= 4 is 35.1 Å². The molecule has 2 heterocycles. The fraction of sp³-hybridized carbons (Fsp3) is 0.471. The summed E-state index contributed by atoms with van der Waals surface area (Å²) in [5.41, 5.74) is 0.724. The Kier molecular flexibility index (Phi) is 4.76. The van der Waals surface area contributed by atoms with Crippen LogP contribution in [0, 0.1) is 11.8 Å². The van der Waals surface area contributed by atoms with Crippen LogP contribution in [0.5, 0.6) is 0 Å². The van der Waals surface area contributed by atoms with Gasteiger partial charge in [0.05, 0.1) is 5.92 Å². The van der Waals surface area contributed by atoms with Gasteiger partial charge < -0.3 is 14.9 Å². The van der Waals surface area contributed by atoms with E-state index in [2.05, 4.69) is 0 Å². The van der Waals surface area contributed by atoms with Crippen molar-refractivity contribution in [1.82, 2.24) is 4.90 Å². The van der Waals surface area contributed by atoms with Crippen LogP contribution in [-0.2, 0) is 14.4 Å². The highest BCUT2D eigenvalue weighted by molar-refractivity contribution is 6.30. The number of aliphatic carboxylic acids is 1. The maximum Gasteiger partial charge on any atom is 0.308 e. The summed E-state index contributed by atoms with van der Waals surface area (Å²) in [5.74, 6) is -2.60. The van der Waals surface area contributed by atoms with Crippen LogP contribution in [0.15, 0.2) is 24.3 Å². The van der Waals surface area contributed by atoms with E-state index in [0.717, 1.165) is 5.69 Å². The second-order valence-electron chi connectivity index (χ2n) is 6.27. The zero-order chi connectivity index (χ0) is 17.3. The molecule has 7 heteroatoms. The summed E-state index contributed by atoms with van der Waals surface area (Å²) in [5, 5.41) is 9.73. The molecule has 0 aliphatic carbocycles. The number of nitrogens with zero attached hydrogens (tertiary/aromatic N) is 2. The molecule has 1 aromatic carbocycles. The van der Waals surface area contributed by atoms with Crippen LogP contribution in [0.3, 0.4) is 0 Å². The number of hydrogen-bond acceptors (Lipinski definition) is 3.